The van der Waals surface area contributed by atoms with Crippen LogP contribution in [-0.2, 0) is 0 Å². The lowest BCUT2D eigenvalue weighted by Gasteiger charge is -2.03. The second-order valence-corrected chi connectivity index (χ2v) is 5.72. The minimum atomic E-state index is 0.303. The van der Waals surface area contributed by atoms with E-state index in [1.165, 1.54) is 17.2 Å². The summed E-state index contributed by atoms with van der Waals surface area (Å²) >= 11 is 23.4. The van der Waals surface area contributed by atoms with Gasteiger partial charge in [-0.15, -0.1) is 5.10 Å². The summed E-state index contributed by atoms with van der Waals surface area (Å²) in [5, 5.41) is 12.1. The fourth-order valence-electron chi connectivity index (χ4n) is 1.74. The Kier molecular flexibility index (Phi) is 4.35. The van der Waals surface area contributed by atoms with Crippen LogP contribution < -0.4 is 0 Å². The Labute approximate surface area is 145 Å². The average Bonchev–Trinajstić information content (AvgIpc) is 3.13. The predicted molar refractivity (Wildman–Crippen MR) is 89.6 cm³/mol. The monoisotopic (exact) mass is 372 g/mol. The molecule has 0 aliphatic carbocycles. The molecule has 0 spiro atoms. The molecule has 112 valence electrons. The summed E-state index contributed by atoms with van der Waals surface area (Å²) in [5.41, 5.74) is 0.490. The second-order valence-electron chi connectivity index (χ2n) is 4.14. The minimum absolute atomic E-state index is 0.303. The van der Waals surface area contributed by atoms with E-state index in [1.807, 2.05) is 0 Å². The summed E-state index contributed by atoms with van der Waals surface area (Å²) in [7, 11) is 0. The van der Waals surface area contributed by atoms with Gasteiger partial charge < -0.3 is 4.42 Å². The number of rotatable bonds is 3. The van der Waals surface area contributed by atoms with Gasteiger partial charge in [0, 0.05) is 5.56 Å². The third-order valence-corrected chi connectivity index (χ3v) is 4.19. The van der Waals surface area contributed by atoms with E-state index in [0.29, 0.717) is 37.0 Å². The molecular weight excluding hydrogens is 367 g/mol. The van der Waals surface area contributed by atoms with Gasteiger partial charge >= 0.3 is 0 Å². The molecule has 9 heteroatoms. The topological polar surface area (TPSA) is 59.1 Å². The van der Waals surface area contributed by atoms with Gasteiger partial charge in [0.1, 0.15) is 0 Å². The third-order valence-electron chi connectivity index (χ3n) is 2.77. The largest absolute Gasteiger partial charge is 0.461 e. The first-order valence-corrected chi connectivity index (χ1v) is 7.51. The highest BCUT2D eigenvalue weighted by molar-refractivity contribution is 7.71. The lowest BCUT2D eigenvalue weighted by molar-refractivity contribution is 0.573. The quantitative estimate of drug-likeness (QED) is 0.397. The molecule has 0 bridgehead atoms. The Bertz CT molecular complexity index is 899. The molecule has 2 aromatic heterocycles. The molecule has 3 aromatic rings. The van der Waals surface area contributed by atoms with E-state index >= 15 is 0 Å². The van der Waals surface area contributed by atoms with E-state index in [-0.39, 0.29) is 0 Å². The number of hydrogen-bond acceptors (Lipinski definition) is 4. The number of aromatic amines is 1. The lowest BCUT2D eigenvalue weighted by atomic mass is 10.2. The van der Waals surface area contributed by atoms with E-state index in [2.05, 4.69) is 15.3 Å². The van der Waals surface area contributed by atoms with Gasteiger partial charge in [0.05, 0.1) is 27.5 Å². The highest BCUT2D eigenvalue weighted by Gasteiger charge is 2.12. The fourth-order valence-corrected chi connectivity index (χ4v) is 2.55. The van der Waals surface area contributed by atoms with Crippen LogP contribution in [0.15, 0.2) is 40.0 Å². The summed E-state index contributed by atoms with van der Waals surface area (Å²) in [6, 6.07) is 6.74. The summed E-state index contributed by atoms with van der Waals surface area (Å²) in [5.74, 6) is 0.952. The van der Waals surface area contributed by atoms with Gasteiger partial charge in [0.25, 0.3) is 0 Å². The van der Waals surface area contributed by atoms with E-state index in [1.54, 1.807) is 24.3 Å². The highest BCUT2D eigenvalue weighted by Crippen LogP contribution is 2.30. The number of H-pyrrole nitrogens is 1. The molecule has 0 fully saturated rings. The van der Waals surface area contributed by atoms with E-state index in [9.17, 15) is 0 Å². The van der Waals surface area contributed by atoms with Crippen LogP contribution in [0.4, 0.5) is 0 Å². The molecule has 0 unspecified atom stereocenters. The maximum Gasteiger partial charge on any atom is 0.219 e. The van der Waals surface area contributed by atoms with Crippen molar-refractivity contribution < 1.29 is 4.42 Å². The van der Waals surface area contributed by atoms with Crippen LogP contribution in [0.5, 0.6) is 0 Å². The molecule has 0 aliphatic rings. The third kappa shape index (κ3) is 2.83. The molecule has 1 aromatic carbocycles. The Morgan fingerprint density at radius 3 is 2.73 bits per heavy atom. The molecule has 0 saturated carbocycles. The van der Waals surface area contributed by atoms with Crippen molar-refractivity contribution in [1.82, 2.24) is 14.9 Å². The lowest BCUT2D eigenvalue weighted by Crippen LogP contribution is -1.95. The van der Waals surface area contributed by atoms with Crippen LogP contribution >= 0.6 is 47.0 Å². The molecule has 0 saturated heterocycles. The Balaban J connectivity index is 2.07. The molecule has 0 radical (unpaired) electrons. The zero-order chi connectivity index (χ0) is 15.7. The fraction of sp³-hybridized carbons (Fsp3) is 0. The summed E-state index contributed by atoms with van der Waals surface area (Å²) < 4.78 is 7.00. The van der Waals surface area contributed by atoms with E-state index in [0.717, 1.165) is 0 Å². The van der Waals surface area contributed by atoms with Crippen molar-refractivity contribution >= 4 is 53.2 Å². The first-order chi connectivity index (χ1) is 10.6. The summed E-state index contributed by atoms with van der Waals surface area (Å²) in [6.07, 6.45) is 3.00. The SMILES string of the molecule is S=c1[nH]nc(-c2ccco2)n1/N=C\c1c(Cl)ccc(Cl)c1Cl. The zero-order valence-electron chi connectivity index (χ0n) is 10.8. The van der Waals surface area contributed by atoms with Crippen LogP contribution in [0, 0.1) is 4.77 Å². The van der Waals surface area contributed by atoms with E-state index < -0.39 is 0 Å². The van der Waals surface area contributed by atoms with Crippen LogP contribution in [0.1, 0.15) is 5.56 Å². The first kappa shape index (κ1) is 15.3. The summed E-state index contributed by atoms with van der Waals surface area (Å²) in [4.78, 5) is 0. The van der Waals surface area contributed by atoms with Gasteiger partial charge in [-0.2, -0.15) is 9.78 Å². The van der Waals surface area contributed by atoms with Crippen molar-refractivity contribution in [3.8, 4) is 11.6 Å². The number of benzene rings is 1. The second kappa shape index (κ2) is 6.26. The Morgan fingerprint density at radius 2 is 2.00 bits per heavy atom. The number of furan rings is 1. The van der Waals surface area contributed by atoms with Gasteiger partial charge in [-0.1, -0.05) is 34.8 Å². The maximum absolute atomic E-state index is 6.13. The van der Waals surface area contributed by atoms with Crippen LogP contribution in [0.25, 0.3) is 11.6 Å². The van der Waals surface area contributed by atoms with E-state index in [4.69, 9.17) is 51.4 Å². The van der Waals surface area contributed by atoms with Gasteiger partial charge in [-0.3, -0.25) is 0 Å². The van der Waals surface area contributed by atoms with Crippen molar-refractivity contribution in [1.29, 1.82) is 0 Å². The van der Waals surface area contributed by atoms with Gasteiger partial charge in [-0.05, 0) is 36.5 Å². The number of nitrogens with one attached hydrogen (secondary N) is 1. The predicted octanol–water partition coefficient (Wildman–Crippen LogP) is 5.04. The number of nitrogens with zero attached hydrogens (tertiary/aromatic N) is 3. The highest BCUT2D eigenvalue weighted by atomic mass is 35.5. The first-order valence-electron chi connectivity index (χ1n) is 5.97. The van der Waals surface area contributed by atoms with Gasteiger partial charge in [0.15, 0.2) is 5.76 Å². The number of hydrogen-bond donors (Lipinski definition) is 1. The number of aromatic nitrogens is 3. The van der Waals surface area contributed by atoms with Crippen molar-refractivity contribution in [2.24, 2.45) is 5.10 Å². The van der Waals surface area contributed by atoms with Gasteiger partial charge in [-0.25, -0.2) is 5.10 Å². The minimum Gasteiger partial charge on any atom is -0.461 e. The van der Waals surface area contributed by atoms with Crippen molar-refractivity contribution in [2.75, 3.05) is 0 Å². The van der Waals surface area contributed by atoms with Crippen molar-refractivity contribution in [3.05, 3.63) is 55.9 Å². The van der Waals surface area contributed by atoms with Crippen molar-refractivity contribution in [2.45, 2.75) is 0 Å². The Morgan fingerprint density at radius 1 is 1.23 bits per heavy atom. The molecular formula is C13H7Cl3N4OS. The van der Waals surface area contributed by atoms with Crippen molar-refractivity contribution in [3.63, 3.8) is 0 Å². The normalized spacial score (nSPS) is 11.4. The molecule has 0 amide bonds. The maximum atomic E-state index is 6.13. The van der Waals surface area contributed by atoms with Crippen LogP contribution in [0.2, 0.25) is 15.1 Å². The molecule has 2 heterocycles. The Hall–Kier alpha value is -1.60. The average molecular weight is 374 g/mol. The number of halogens is 3. The summed E-state index contributed by atoms with van der Waals surface area (Å²) in [6.45, 7) is 0. The zero-order valence-corrected chi connectivity index (χ0v) is 13.8. The molecule has 3 rings (SSSR count). The van der Waals surface area contributed by atoms with Gasteiger partial charge in [0.2, 0.25) is 10.6 Å². The smallest absolute Gasteiger partial charge is 0.219 e. The molecule has 22 heavy (non-hydrogen) atoms. The molecule has 0 atom stereocenters. The molecule has 0 aliphatic heterocycles. The standard InChI is InChI=1S/C13H7Cl3N4OS/c14-8-3-4-9(15)11(16)7(8)6-17-20-12(18-19-13(20)22)10-2-1-5-21-10/h1-6H,(H,19,22)/b17-6-. The molecule has 1 N–H and O–H groups in total. The molecule has 5 nitrogen and oxygen atoms in total. The van der Waals surface area contributed by atoms with Crippen LogP contribution in [-0.4, -0.2) is 21.1 Å². The van der Waals surface area contributed by atoms with Crippen LogP contribution in [0.3, 0.4) is 0 Å².